The maximum Gasteiger partial charge on any atom is 0.225 e. The predicted molar refractivity (Wildman–Crippen MR) is 104 cm³/mol. The van der Waals surface area contributed by atoms with Crippen LogP contribution in [0.25, 0.3) is 10.9 Å². The number of morpholine rings is 1. The molecule has 0 aliphatic carbocycles. The molecule has 1 aromatic carbocycles. The van der Waals surface area contributed by atoms with Gasteiger partial charge in [0.25, 0.3) is 0 Å². The fourth-order valence-corrected chi connectivity index (χ4v) is 3.39. The highest BCUT2D eigenvalue weighted by Gasteiger charge is 2.14. The van der Waals surface area contributed by atoms with Crippen LogP contribution in [0.5, 0.6) is 0 Å². The van der Waals surface area contributed by atoms with Crippen molar-refractivity contribution in [1.82, 2.24) is 19.9 Å². The van der Waals surface area contributed by atoms with Crippen LogP contribution in [0.1, 0.15) is 11.3 Å². The van der Waals surface area contributed by atoms with Crippen molar-refractivity contribution >= 4 is 22.8 Å². The number of aromatic nitrogens is 3. The maximum atomic E-state index is 12.4. The molecular formula is C20H23N5O2. The Morgan fingerprint density at radius 3 is 2.89 bits per heavy atom. The molecule has 1 N–H and O–H groups in total. The topological polar surface area (TPSA) is 72.3 Å². The van der Waals surface area contributed by atoms with Gasteiger partial charge in [-0.1, -0.05) is 18.2 Å². The molecule has 7 heteroatoms. The van der Waals surface area contributed by atoms with Gasteiger partial charge in [-0.05, 0) is 17.7 Å². The molecule has 27 heavy (non-hydrogen) atoms. The zero-order valence-corrected chi connectivity index (χ0v) is 15.4. The Morgan fingerprint density at radius 2 is 2.04 bits per heavy atom. The molecule has 3 heterocycles. The highest BCUT2D eigenvalue weighted by molar-refractivity contribution is 5.89. The third-order valence-corrected chi connectivity index (χ3v) is 4.79. The van der Waals surface area contributed by atoms with Crippen molar-refractivity contribution in [2.45, 2.75) is 13.0 Å². The van der Waals surface area contributed by atoms with Gasteiger partial charge in [-0.3, -0.25) is 4.79 Å². The molecule has 1 saturated heterocycles. The number of carbonyl (C=O) groups is 1. The lowest BCUT2D eigenvalue weighted by Crippen LogP contribution is -2.37. The largest absolute Gasteiger partial charge is 0.378 e. The van der Waals surface area contributed by atoms with Crippen molar-refractivity contribution in [3.8, 4) is 0 Å². The van der Waals surface area contributed by atoms with Crippen molar-refractivity contribution in [1.29, 1.82) is 0 Å². The number of para-hydroxylation sites is 1. The van der Waals surface area contributed by atoms with Gasteiger partial charge in [-0.2, -0.15) is 0 Å². The number of hydrogen-bond donors (Lipinski definition) is 1. The molecule has 0 saturated carbocycles. The maximum absolute atomic E-state index is 12.4. The number of anilines is 1. The van der Waals surface area contributed by atoms with Gasteiger partial charge < -0.3 is 19.5 Å². The van der Waals surface area contributed by atoms with Gasteiger partial charge in [0.15, 0.2) is 0 Å². The molecular weight excluding hydrogens is 342 g/mol. The van der Waals surface area contributed by atoms with Crippen molar-refractivity contribution in [3.63, 3.8) is 0 Å². The normalized spacial score (nSPS) is 14.5. The van der Waals surface area contributed by atoms with E-state index in [0.717, 1.165) is 35.2 Å². The van der Waals surface area contributed by atoms with Crippen molar-refractivity contribution in [2.75, 3.05) is 31.2 Å². The Bertz CT molecular complexity index is 946. The lowest BCUT2D eigenvalue weighted by molar-refractivity contribution is -0.120. The van der Waals surface area contributed by atoms with Crippen LogP contribution in [-0.4, -0.2) is 46.7 Å². The first-order valence-electron chi connectivity index (χ1n) is 9.15. The first-order valence-corrected chi connectivity index (χ1v) is 9.15. The van der Waals surface area contributed by atoms with E-state index in [0.29, 0.717) is 32.1 Å². The summed E-state index contributed by atoms with van der Waals surface area (Å²) in [5.41, 5.74) is 2.96. The van der Waals surface area contributed by atoms with Crippen LogP contribution in [-0.2, 0) is 29.5 Å². The Hall–Kier alpha value is -2.93. The fourth-order valence-electron chi connectivity index (χ4n) is 3.39. The zero-order valence-electron chi connectivity index (χ0n) is 15.4. The van der Waals surface area contributed by atoms with Gasteiger partial charge >= 0.3 is 0 Å². The number of fused-ring (bicyclic) bond motifs is 1. The molecule has 0 atom stereocenters. The molecule has 1 aliphatic heterocycles. The molecule has 7 nitrogen and oxygen atoms in total. The summed E-state index contributed by atoms with van der Waals surface area (Å²) in [6, 6.07) is 9.95. The summed E-state index contributed by atoms with van der Waals surface area (Å²) in [6.07, 6.45) is 4.11. The Morgan fingerprint density at radius 1 is 1.22 bits per heavy atom. The predicted octanol–water partition coefficient (Wildman–Crippen LogP) is 1.66. The van der Waals surface area contributed by atoms with Gasteiger partial charge in [0.1, 0.15) is 0 Å². The van der Waals surface area contributed by atoms with Crippen LogP contribution < -0.4 is 10.2 Å². The SMILES string of the molecule is Cn1cc(CC(=O)NCc2ccnc(N3CCOCC3)n2)c2ccccc21. The van der Waals surface area contributed by atoms with E-state index in [4.69, 9.17) is 4.74 Å². The van der Waals surface area contributed by atoms with E-state index in [-0.39, 0.29) is 5.91 Å². The van der Waals surface area contributed by atoms with E-state index in [1.165, 1.54) is 0 Å². The van der Waals surface area contributed by atoms with E-state index >= 15 is 0 Å². The van der Waals surface area contributed by atoms with Gasteiger partial charge in [0.2, 0.25) is 11.9 Å². The van der Waals surface area contributed by atoms with Crippen LogP contribution in [0.3, 0.4) is 0 Å². The number of aryl methyl sites for hydroxylation is 1. The van der Waals surface area contributed by atoms with Crippen LogP contribution in [0.15, 0.2) is 42.7 Å². The molecule has 0 unspecified atom stereocenters. The molecule has 4 rings (SSSR count). The number of carbonyl (C=O) groups excluding carboxylic acids is 1. The lowest BCUT2D eigenvalue weighted by Gasteiger charge is -2.26. The third-order valence-electron chi connectivity index (χ3n) is 4.79. The molecule has 2 aromatic heterocycles. The second-order valence-electron chi connectivity index (χ2n) is 6.68. The number of nitrogens with zero attached hydrogens (tertiary/aromatic N) is 4. The first-order chi connectivity index (χ1) is 13.2. The first kappa shape index (κ1) is 17.5. The number of ether oxygens (including phenoxy) is 1. The molecule has 0 radical (unpaired) electrons. The minimum Gasteiger partial charge on any atom is -0.378 e. The van der Waals surface area contributed by atoms with E-state index in [9.17, 15) is 4.79 Å². The van der Waals surface area contributed by atoms with Gasteiger partial charge in [0, 0.05) is 43.4 Å². The monoisotopic (exact) mass is 365 g/mol. The standard InChI is InChI=1S/C20H23N5O2/c1-24-14-15(17-4-2-3-5-18(17)24)12-19(26)22-13-16-6-7-21-20(23-16)25-8-10-27-11-9-25/h2-7,14H,8-13H2,1H3,(H,22,26). The molecule has 1 aliphatic rings. The van der Waals surface area contributed by atoms with Crippen molar-refractivity contribution < 1.29 is 9.53 Å². The molecule has 1 fully saturated rings. The number of amides is 1. The number of benzene rings is 1. The molecule has 1 amide bonds. The summed E-state index contributed by atoms with van der Waals surface area (Å²) in [4.78, 5) is 23.4. The van der Waals surface area contributed by atoms with Crippen molar-refractivity contribution in [2.24, 2.45) is 7.05 Å². The van der Waals surface area contributed by atoms with Crippen molar-refractivity contribution in [3.05, 3.63) is 54.0 Å². The quantitative estimate of drug-likeness (QED) is 0.745. The third kappa shape index (κ3) is 3.93. The Labute approximate surface area is 158 Å². The van der Waals surface area contributed by atoms with Crippen LogP contribution in [0.2, 0.25) is 0 Å². The summed E-state index contributed by atoms with van der Waals surface area (Å²) >= 11 is 0. The average molecular weight is 365 g/mol. The summed E-state index contributed by atoms with van der Waals surface area (Å²) in [5.74, 6) is 0.678. The second-order valence-corrected chi connectivity index (χ2v) is 6.68. The number of rotatable bonds is 5. The smallest absolute Gasteiger partial charge is 0.225 e. The highest BCUT2D eigenvalue weighted by Crippen LogP contribution is 2.20. The average Bonchev–Trinajstić information content (AvgIpc) is 3.03. The Kier molecular flexibility index (Phi) is 5.02. The molecule has 0 spiro atoms. The van der Waals surface area contributed by atoms with E-state index in [1.54, 1.807) is 6.20 Å². The van der Waals surface area contributed by atoms with Gasteiger partial charge in [-0.15, -0.1) is 0 Å². The van der Waals surface area contributed by atoms with Gasteiger partial charge in [-0.25, -0.2) is 9.97 Å². The van der Waals surface area contributed by atoms with E-state index in [2.05, 4.69) is 36.9 Å². The van der Waals surface area contributed by atoms with Crippen LogP contribution >= 0.6 is 0 Å². The minimum atomic E-state index is -0.0158. The van der Waals surface area contributed by atoms with Crippen LogP contribution in [0, 0.1) is 0 Å². The molecule has 3 aromatic rings. The minimum absolute atomic E-state index is 0.0158. The van der Waals surface area contributed by atoms with E-state index in [1.807, 2.05) is 31.4 Å². The lowest BCUT2D eigenvalue weighted by atomic mass is 10.1. The van der Waals surface area contributed by atoms with Gasteiger partial charge in [0.05, 0.1) is 31.9 Å². The fraction of sp³-hybridized carbons (Fsp3) is 0.350. The van der Waals surface area contributed by atoms with Crippen LogP contribution in [0.4, 0.5) is 5.95 Å². The summed E-state index contributed by atoms with van der Waals surface area (Å²) in [5, 5.41) is 4.09. The molecule has 140 valence electrons. The molecule has 0 bridgehead atoms. The highest BCUT2D eigenvalue weighted by atomic mass is 16.5. The number of hydrogen-bond acceptors (Lipinski definition) is 5. The summed E-state index contributed by atoms with van der Waals surface area (Å²) in [6.45, 7) is 3.35. The summed E-state index contributed by atoms with van der Waals surface area (Å²) in [7, 11) is 2.00. The second kappa shape index (κ2) is 7.75. The number of nitrogens with one attached hydrogen (secondary N) is 1. The van der Waals surface area contributed by atoms with E-state index < -0.39 is 0 Å². The Balaban J connectivity index is 1.39. The summed E-state index contributed by atoms with van der Waals surface area (Å²) < 4.78 is 7.42. The zero-order chi connectivity index (χ0) is 18.6.